The Hall–Kier alpha value is -1.42. The number of hydrogen-bond acceptors (Lipinski definition) is 3. The molecule has 1 N–H and O–H groups in total. The highest BCUT2D eigenvalue weighted by Crippen LogP contribution is 2.29. The van der Waals surface area contributed by atoms with Crippen LogP contribution >= 0.6 is 24.0 Å². The Labute approximate surface area is 155 Å². The molecule has 0 aliphatic heterocycles. The molecule has 2 aromatic rings. The van der Waals surface area contributed by atoms with Crippen molar-refractivity contribution in [3.63, 3.8) is 0 Å². The highest BCUT2D eigenvalue weighted by molar-refractivity contribution is 6.31. The van der Waals surface area contributed by atoms with Crippen molar-refractivity contribution in [3.05, 3.63) is 58.6 Å². The van der Waals surface area contributed by atoms with Crippen molar-refractivity contribution < 1.29 is 9.47 Å². The fourth-order valence-corrected chi connectivity index (χ4v) is 2.44. The molecule has 2 aromatic carbocycles. The van der Waals surface area contributed by atoms with Crippen LogP contribution in [0.4, 0.5) is 0 Å². The predicted molar refractivity (Wildman–Crippen MR) is 103 cm³/mol. The van der Waals surface area contributed by atoms with Crippen LogP contribution in [0, 0.1) is 0 Å². The smallest absolute Gasteiger partial charge is 0.161 e. The van der Waals surface area contributed by atoms with Crippen LogP contribution in [0.5, 0.6) is 11.5 Å². The maximum atomic E-state index is 6.15. The van der Waals surface area contributed by atoms with Crippen molar-refractivity contribution in [1.29, 1.82) is 0 Å². The van der Waals surface area contributed by atoms with E-state index in [1.165, 1.54) is 18.4 Å². The fraction of sp³-hybridized carbons (Fsp3) is 0.368. The summed E-state index contributed by atoms with van der Waals surface area (Å²) in [6.45, 7) is 4.48. The lowest BCUT2D eigenvalue weighted by Gasteiger charge is -2.13. The van der Waals surface area contributed by atoms with E-state index in [-0.39, 0.29) is 12.4 Å². The summed E-state index contributed by atoms with van der Waals surface area (Å²) in [4.78, 5) is 0. The number of benzene rings is 2. The van der Waals surface area contributed by atoms with E-state index in [4.69, 9.17) is 21.1 Å². The first-order valence-electron chi connectivity index (χ1n) is 7.98. The van der Waals surface area contributed by atoms with E-state index in [2.05, 4.69) is 18.3 Å². The van der Waals surface area contributed by atoms with E-state index in [0.717, 1.165) is 30.2 Å². The van der Waals surface area contributed by atoms with E-state index in [0.29, 0.717) is 11.6 Å². The van der Waals surface area contributed by atoms with Gasteiger partial charge in [-0.1, -0.05) is 49.2 Å². The third-order valence-electron chi connectivity index (χ3n) is 3.61. The molecule has 3 nitrogen and oxygen atoms in total. The summed E-state index contributed by atoms with van der Waals surface area (Å²) in [5.41, 5.74) is 2.14. The Balaban J connectivity index is 0.00000288. The Bertz CT molecular complexity index is 620. The van der Waals surface area contributed by atoms with Gasteiger partial charge in [-0.25, -0.2) is 0 Å². The number of methoxy groups -OCH3 is 1. The zero-order valence-electron chi connectivity index (χ0n) is 14.2. The van der Waals surface area contributed by atoms with Crippen LogP contribution in [-0.2, 0) is 13.2 Å². The van der Waals surface area contributed by atoms with Gasteiger partial charge in [0.05, 0.1) is 7.11 Å². The van der Waals surface area contributed by atoms with Crippen LogP contribution in [0.25, 0.3) is 0 Å². The van der Waals surface area contributed by atoms with E-state index in [1.54, 1.807) is 7.11 Å². The summed E-state index contributed by atoms with van der Waals surface area (Å²) in [5, 5.41) is 4.14. The SMILES string of the molecule is CCCCNCc1ccc(OCc2ccccc2Cl)c(OC)c1.Cl. The first-order chi connectivity index (χ1) is 11.2. The standard InChI is InChI=1S/C19H24ClNO2.ClH/c1-3-4-11-21-13-15-9-10-18(19(12-15)22-2)23-14-16-7-5-6-8-17(16)20;/h5-10,12,21H,3-4,11,13-14H2,1-2H3;1H. The van der Waals surface area contributed by atoms with Gasteiger partial charge < -0.3 is 14.8 Å². The molecule has 0 bridgehead atoms. The summed E-state index contributed by atoms with van der Waals surface area (Å²) < 4.78 is 11.3. The lowest BCUT2D eigenvalue weighted by atomic mass is 10.2. The number of rotatable bonds is 9. The maximum absolute atomic E-state index is 6.15. The summed E-state index contributed by atoms with van der Waals surface area (Å²) >= 11 is 6.15. The van der Waals surface area contributed by atoms with Crippen LogP contribution in [-0.4, -0.2) is 13.7 Å². The van der Waals surface area contributed by atoms with Gasteiger partial charge in [-0.05, 0) is 36.7 Å². The molecule has 132 valence electrons. The molecule has 0 heterocycles. The lowest BCUT2D eigenvalue weighted by molar-refractivity contribution is 0.284. The molecule has 0 spiro atoms. The van der Waals surface area contributed by atoms with Crippen LogP contribution in [0.1, 0.15) is 30.9 Å². The summed E-state index contributed by atoms with van der Waals surface area (Å²) in [7, 11) is 1.66. The van der Waals surface area contributed by atoms with Crippen LogP contribution in [0.2, 0.25) is 5.02 Å². The van der Waals surface area contributed by atoms with Crippen LogP contribution in [0.15, 0.2) is 42.5 Å². The predicted octanol–water partition coefficient (Wildman–Crippen LogP) is 5.24. The Morgan fingerprint density at radius 1 is 1.08 bits per heavy atom. The number of ether oxygens (including phenoxy) is 2. The van der Waals surface area contributed by atoms with Gasteiger partial charge in [0, 0.05) is 17.1 Å². The monoisotopic (exact) mass is 369 g/mol. The molecule has 0 saturated carbocycles. The quantitative estimate of drug-likeness (QED) is 0.613. The molecule has 24 heavy (non-hydrogen) atoms. The maximum Gasteiger partial charge on any atom is 0.161 e. The van der Waals surface area contributed by atoms with E-state index >= 15 is 0 Å². The highest BCUT2D eigenvalue weighted by atomic mass is 35.5. The normalized spacial score (nSPS) is 10.1. The van der Waals surface area contributed by atoms with Crippen LogP contribution in [0.3, 0.4) is 0 Å². The second-order valence-electron chi connectivity index (χ2n) is 5.40. The third kappa shape index (κ3) is 6.23. The first-order valence-corrected chi connectivity index (χ1v) is 8.36. The second kappa shape index (κ2) is 11.2. The molecule has 0 amide bonds. The molecule has 0 unspecified atom stereocenters. The van der Waals surface area contributed by atoms with Gasteiger partial charge in [-0.3, -0.25) is 0 Å². The first kappa shape index (κ1) is 20.6. The number of nitrogens with one attached hydrogen (secondary N) is 1. The van der Waals surface area contributed by atoms with Gasteiger partial charge in [0.15, 0.2) is 11.5 Å². The largest absolute Gasteiger partial charge is 0.493 e. The summed E-state index contributed by atoms with van der Waals surface area (Å²) in [6.07, 6.45) is 2.39. The Morgan fingerprint density at radius 2 is 1.88 bits per heavy atom. The molecule has 0 saturated heterocycles. The molecule has 0 aromatic heterocycles. The van der Waals surface area contributed by atoms with Crippen molar-refractivity contribution in [2.45, 2.75) is 32.9 Å². The Kier molecular flexibility index (Phi) is 9.62. The van der Waals surface area contributed by atoms with Gasteiger partial charge >= 0.3 is 0 Å². The topological polar surface area (TPSA) is 30.5 Å². The zero-order valence-corrected chi connectivity index (χ0v) is 15.8. The number of halogens is 2. The van der Waals surface area contributed by atoms with E-state index in [9.17, 15) is 0 Å². The fourth-order valence-electron chi connectivity index (χ4n) is 2.25. The Morgan fingerprint density at radius 3 is 2.58 bits per heavy atom. The molecule has 0 radical (unpaired) electrons. The van der Waals surface area contributed by atoms with Gasteiger partial charge in [0.25, 0.3) is 0 Å². The third-order valence-corrected chi connectivity index (χ3v) is 3.97. The van der Waals surface area contributed by atoms with Gasteiger partial charge in [0.2, 0.25) is 0 Å². The average Bonchev–Trinajstić information content (AvgIpc) is 2.58. The zero-order chi connectivity index (χ0) is 16.5. The average molecular weight is 370 g/mol. The second-order valence-corrected chi connectivity index (χ2v) is 5.80. The van der Waals surface area contributed by atoms with Crippen molar-refractivity contribution in [2.24, 2.45) is 0 Å². The molecular weight excluding hydrogens is 345 g/mol. The van der Waals surface area contributed by atoms with Gasteiger partial charge in [-0.15, -0.1) is 12.4 Å². The van der Waals surface area contributed by atoms with Crippen molar-refractivity contribution in [2.75, 3.05) is 13.7 Å². The molecule has 0 aliphatic carbocycles. The highest BCUT2D eigenvalue weighted by Gasteiger charge is 2.07. The molecule has 0 atom stereocenters. The lowest BCUT2D eigenvalue weighted by Crippen LogP contribution is -2.14. The molecule has 5 heteroatoms. The van der Waals surface area contributed by atoms with Gasteiger partial charge in [0.1, 0.15) is 6.61 Å². The minimum Gasteiger partial charge on any atom is -0.493 e. The minimum absolute atomic E-state index is 0. The van der Waals surface area contributed by atoms with Gasteiger partial charge in [-0.2, -0.15) is 0 Å². The van der Waals surface area contributed by atoms with E-state index < -0.39 is 0 Å². The summed E-state index contributed by atoms with van der Waals surface area (Å²) in [6, 6.07) is 13.7. The number of hydrogen-bond donors (Lipinski definition) is 1. The molecule has 2 rings (SSSR count). The van der Waals surface area contributed by atoms with Crippen molar-refractivity contribution in [3.8, 4) is 11.5 Å². The molecule has 0 aliphatic rings. The van der Waals surface area contributed by atoms with Crippen molar-refractivity contribution in [1.82, 2.24) is 5.32 Å². The molecule has 0 fully saturated rings. The van der Waals surface area contributed by atoms with E-state index in [1.807, 2.05) is 36.4 Å². The number of unbranched alkanes of at least 4 members (excludes halogenated alkanes) is 1. The summed E-state index contributed by atoms with van der Waals surface area (Å²) in [5.74, 6) is 1.47. The van der Waals surface area contributed by atoms with Crippen LogP contribution < -0.4 is 14.8 Å². The van der Waals surface area contributed by atoms with Crippen molar-refractivity contribution >= 4 is 24.0 Å². The molecular formula is C19H25Cl2NO2. The minimum atomic E-state index is 0.